The number of benzene rings is 1. The van der Waals surface area contributed by atoms with Crippen molar-refractivity contribution in [1.29, 1.82) is 0 Å². The highest BCUT2D eigenvalue weighted by Gasteiger charge is 2.30. The van der Waals surface area contributed by atoms with Gasteiger partial charge in [0, 0.05) is 11.6 Å². The van der Waals surface area contributed by atoms with Gasteiger partial charge in [-0.25, -0.2) is 4.79 Å². The van der Waals surface area contributed by atoms with Crippen molar-refractivity contribution in [2.45, 2.75) is 45.2 Å². The molecule has 1 unspecified atom stereocenters. The minimum absolute atomic E-state index is 0.00638. The molecule has 8 heteroatoms. The van der Waals surface area contributed by atoms with Crippen LogP contribution in [0.5, 0.6) is 11.5 Å². The Kier molecular flexibility index (Phi) is 7.04. The van der Waals surface area contributed by atoms with Gasteiger partial charge in [0.25, 0.3) is 11.8 Å². The monoisotopic (exact) mass is 378 g/mol. The van der Waals surface area contributed by atoms with E-state index in [2.05, 4.69) is 10.6 Å². The summed E-state index contributed by atoms with van der Waals surface area (Å²) in [6.07, 6.45) is 2.44. The van der Waals surface area contributed by atoms with Gasteiger partial charge in [-0.05, 0) is 44.4 Å². The van der Waals surface area contributed by atoms with Crippen molar-refractivity contribution in [1.82, 2.24) is 10.6 Å². The first-order valence-electron chi connectivity index (χ1n) is 8.94. The standard InChI is InChI=1S/C19H26N2O6/c1-11(2)20-17(22)10-27-15-7-6-13(9-16(15)26-3)18(23)21-14(19(24)25)8-12-4-5-12/h6-7,9,11-12,14H,4-5,8,10H2,1-3H3,(H,20,22)(H,21,23)(H,24,25). The second-order valence-electron chi connectivity index (χ2n) is 6.92. The summed E-state index contributed by atoms with van der Waals surface area (Å²) in [7, 11) is 1.42. The number of nitrogens with one attached hydrogen (secondary N) is 2. The molecule has 1 aromatic carbocycles. The van der Waals surface area contributed by atoms with Crippen molar-refractivity contribution >= 4 is 17.8 Å². The maximum atomic E-state index is 12.4. The van der Waals surface area contributed by atoms with Crippen LogP contribution in [0.1, 0.15) is 43.5 Å². The van der Waals surface area contributed by atoms with E-state index in [0.29, 0.717) is 18.1 Å². The predicted octanol–water partition coefficient (Wildman–Crippen LogP) is 1.58. The second-order valence-corrected chi connectivity index (χ2v) is 6.92. The molecule has 2 rings (SSSR count). The number of amides is 2. The summed E-state index contributed by atoms with van der Waals surface area (Å²) in [6, 6.07) is 3.58. The van der Waals surface area contributed by atoms with Gasteiger partial charge < -0.3 is 25.2 Å². The highest BCUT2D eigenvalue weighted by atomic mass is 16.5. The number of carboxylic acids is 1. The van der Waals surface area contributed by atoms with Crippen molar-refractivity contribution in [2.24, 2.45) is 5.92 Å². The van der Waals surface area contributed by atoms with Crippen LogP contribution < -0.4 is 20.1 Å². The number of hydrogen-bond donors (Lipinski definition) is 3. The largest absolute Gasteiger partial charge is 0.493 e. The van der Waals surface area contributed by atoms with Gasteiger partial charge in [-0.2, -0.15) is 0 Å². The predicted molar refractivity (Wildman–Crippen MR) is 98.0 cm³/mol. The van der Waals surface area contributed by atoms with Crippen LogP contribution in [0, 0.1) is 5.92 Å². The zero-order chi connectivity index (χ0) is 20.0. The third-order valence-corrected chi connectivity index (χ3v) is 4.10. The molecule has 27 heavy (non-hydrogen) atoms. The highest BCUT2D eigenvalue weighted by Crippen LogP contribution is 2.33. The number of ether oxygens (including phenoxy) is 2. The lowest BCUT2D eigenvalue weighted by Gasteiger charge is -2.16. The Balaban J connectivity index is 2.01. The summed E-state index contributed by atoms with van der Waals surface area (Å²) in [6.45, 7) is 3.52. The Labute approximate surface area is 158 Å². The Bertz CT molecular complexity index is 699. The van der Waals surface area contributed by atoms with E-state index in [1.54, 1.807) is 0 Å². The van der Waals surface area contributed by atoms with Gasteiger partial charge in [-0.3, -0.25) is 9.59 Å². The molecule has 0 heterocycles. The molecule has 0 radical (unpaired) electrons. The summed E-state index contributed by atoms with van der Waals surface area (Å²) < 4.78 is 10.7. The number of carboxylic acid groups (broad SMARTS) is 1. The smallest absolute Gasteiger partial charge is 0.326 e. The first-order valence-corrected chi connectivity index (χ1v) is 8.94. The molecule has 0 bridgehead atoms. The second kappa shape index (κ2) is 9.25. The van der Waals surface area contributed by atoms with Crippen LogP contribution in [0.25, 0.3) is 0 Å². The molecule has 0 aromatic heterocycles. The lowest BCUT2D eigenvalue weighted by atomic mass is 10.1. The molecule has 2 amide bonds. The van der Waals surface area contributed by atoms with Crippen molar-refractivity contribution in [2.75, 3.05) is 13.7 Å². The Morgan fingerprint density at radius 3 is 2.44 bits per heavy atom. The normalized spacial score (nSPS) is 14.4. The number of rotatable bonds is 10. The molecular formula is C19H26N2O6. The number of aliphatic carboxylic acids is 1. The Morgan fingerprint density at radius 1 is 1.19 bits per heavy atom. The highest BCUT2D eigenvalue weighted by molar-refractivity contribution is 5.97. The number of carbonyl (C=O) groups excluding carboxylic acids is 2. The molecule has 1 aliphatic rings. The van der Waals surface area contributed by atoms with Gasteiger partial charge in [-0.1, -0.05) is 12.8 Å². The maximum absolute atomic E-state index is 12.4. The van der Waals surface area contributed by atoms with Crippen LogP contribution in [0.15, 0.2) is 18.2 Å². The summed E-state index contributed by atoms with van der Waals surface area (Å²) in [5, 5.41) is 14.5. The van der Waals surface area contributed by atoms with Crippen molar-refractivity contribution < 1.29 is 29.0 Å². The molecule has 0 saturated heterocycles. The fraction of sp³-hybridized carbons (Fsp3) is 0.526. The molecule has 1 aliphatic carbocycles. The van der Waals surface area contributed by atoms with Gasteiger partial charge in [0.05, 0.1) is 7.11 Å². The van der Waals surface area contributed by atoms with E-state index in [1.165, 1.54) is 25.3 Å². The molecule has 1 saturated carbocycles. The van der Waals surface area contributed by atoms with E-state index in [9.17, 15) is 19.5 Å². The van der Waals surface area contributed by atoms with E-state index >= 15 is 0 Å². The van der Waals surface area contributed by atoms with Gasteiger partial charge in [0.1, 0.15) is 6.04 Å². The minimum Gasteiger partial charge on any atom is -0.493 e. The van der Waals surface area contributed by atoms with Crippen LogP contribution in [0.4, 0.5) is 0 Å². The number of carbonyl (C=O) groups is 3. The van der Waals surface area contributed by atoms with Crippen LogP contribution >= 0.6 is 0 Å². The lowest BCUT2D eigenvalue weighted by molar-refractivity contribution is -0.139. The van der Waals surface area contributed by atoms with E-state index in [4.69, 9.17) is 9.47 Å². The van der Waals surface area contributed by atoms with Gasteiger partial charge in [-0.15, -0.1) is 0 Å². The van der Waals surface area contributed by atoms with E-state index < -0.39 is 17.9 Å². The number of methoxy groups -OCH3 is 1. The third kappa shape index (κ3) is 6.47. The van der Waals surface area contributed by atoms with E-state index in [1.807, 2.05) is 13.8 Å². The zero-order valence-corrected chi connectivity index (χ0v) is 15.8. The molecule has 1 aromatic rings. The molecule has 148 valence electrons. The topological polar surface area (TPSA) is 114 Å². The zero-order valence-electron chi connectivity index (χ0n) is 15.8. The lowest BCUT2D eigenvalue weighted by Crippen LogP contribution is -2.41. The quantitative estimate of drug-likeness (QED) is 0.570. The molecule has 1 fully saturated rings. The molecule has 0 aliphatic heterocycles. The summed E-state index contributed by atoms with van der Waals surface area (Å²) in [5.41, 5.74) is 0.257. The van der Waals surface area contributed by atoms with Gasteiger partial charge >= 0.3 is 5.97 Å². The molecule has 3 N–H and O–H groups in total. The van der Waals surface area contributed by atoms with Crippen LogP contribution in [0.2, 0.25) is 0 Å². The van der Waals surface area contributed by atoms with Crippen LogP contribution in [0.3, 0.4) is 0 Å². The van der Waals surface area contributed by atoms with Crippen molar-refractivity contribution in [3.63, 3.8) is 0 Å². The first kappa shape index (κ1) is 20.5. The van der Waals surface area contributed by atoms with E-state index in [0.717, 1.165) is 12.8 Å². The average Bonchev–Trinajstić information content (AvgIpc) is 3.42. The maximum Gasteiger partial charge on any atom is 0.326 e. The van der Waals surface area contributed by atoms with Crippen LogP contribution in [-0.4, -0.2) is 48.7 Å². The Hall–Kier alpha value is -2.77. The minimum atomic E-state index is -1.04. The fourth-order valence-corrected chi connectivity index (χ4v) is 2.58. The third-order valence-electron chi connectivity index (χ3n) is 4.10. The summed E-state index contributed by atoms with van der Waals surface area (Å²) in [5.74, 6) is -0.828. The Morgan fingerprint density at radius 2 is 1.89 bits per heavy atom. The van der Waals surface area contributed by atoms with Crippen molar-refractivity contribution in [3.8, 4) is 11.5 Å². The number of hydrogen-bond acceptors (Lipinski definition) is 5. The SMILES string of the molecule is COc1cc(C(=O)NC(CC2CC2)C(=O)O)ccc1OCC(=O)NC(C)C. The fourth-order valence-electron chi connectivity index (χ4n) is 2.58. The first-order chi connectivity index (χ1) is 12.8. The van der Waals surface area contributed by atoms with Gasteiger partial charge in [0.2, 0.25) is 0 Å². The summed E-state index contributed by atoms with van der Waals surface area (Å²) in [4.78, 5) is 35.4. The molecule has 1 atom stereocenters. The molecular weight excluding hydrogens is 352 g/mol. The van der Waals surface area contributed by atoms with Gasteiger partial charge in [0.15, 0.2) is 18.1 Å². The van der Waals surface area contributed by atoms with Crippen LogP contribution in [-0.2, 0) is 9.59 Å². The summed E-state index contributed by atoms with van der Waals surface area (Å²) >= 11 is 0. The average molecular weight is 378 g/mol. The van der Waals surface area contributed by atoms with Crippen molar-refractivity contribution in [3.05, 3.63) is 23.8 Å². The molecule has 8 nitrogen and oxygen atoms in total. The molecule has 0 spiro atoms. The van der Waals surface area contributed by atoms with E-state index in [-0.39, 0.29) is 29.9 Å².